The van der Waals surface area contributed by atoms with Gasteiger partial charge < -0.3 is 10.6 Å². The minimum absolute atomic E-state index is 0.143. The van der Waals surface area contributed by atoms with Gasteiger partial charge in [-0.05, 0) is 55.4 Å². The third-order valence-electron chi connectivity index (χ3n) is 4.92. The van der Waals surface area contributed by atoms with E-state index in [0.717, 1.165) is 42.5 Å². The van der Waals surface area contributed by atoms with E-state index in [1.165, 1.54) is 0 Å². The average molecular weight is 348 g/mol. The largest absolute Gasteiger partial charge is 0.338 e. The Labute approximate surface area is 154 Å². The van der Waals surface area contributed by atoms with Gasteiger partial charge in [-0.3, -0.25) is 4.98 Å². The number of hydrogen-bond acceptors (Lipinski definition) is 3. The number of aromatic nitrogens is 1. The van der Waals surface area contributed by atoms with Gasteiger partial charge >= 0.3 is 6.03 Å². The molecule has 0 unspecified atom stereocenters. The lowest BCUT2D eigenvalue weighted by atomic mass is 9.83. The molecule has 0 radical (unpaired) electrons. The summed E-state index contributed by atoms with van der Waals surface area (Å²) in [4.78, 5) is 16.4. The van der Waals surface area contributed by atoms with Gasteiger partial charge in [-0.1, -0.05) is 24.3 Å². The summed E-state index contributed by atoms with van der Waals surface area (Å²) in [5.41, 5.74) is 3.00. The molecule has 2 amide bonds. The Bertz CT molecular complexity index is 761. The zero-order chi connectivity index (χ0) is 18.2. The Kier molecular flexibility index (Phi) is 6.21. The zero-order valence-electron chi connectivity index (χ0n) is 14.8. The van der Waals surface area contributed by atoms with E-state index in [9.17, 15) is 4.79 Å². The highest BCUT2D eigenvalue weighted by molar-refractivity contribution is 5.73. The van der Waals surface area contributed by atoms with Crippen molar-refractivity contribution in [3.05, 3.63) is 54.2 Å². The second-order valence-corrected chi connectivity index (χ2v) is 6.83. The zero-order valence-corrected chi connectivity index (χ0v) is 14.8. The van der Waals surface area contributed by atoms with Crippen LogP contribution in [0.4, 0.5) is 4.79 Å². The van der Waals surface area contributed by atoms with E-state index in [1.807, 2.05) is 42.5 Å². The molecule has 0 spiro atoms. The van der Waals surface area contributed by atoms with Crippen LogP contribution in [0.2, 0.25) is 0 Å². The predicted octanol–water partition coefficient (Wildman–Crippen LogP) is 3.88. The summed E-state index contributed by atoms with van der Waals surface area (Å²) < 4.78 is 0. The first-order valence-corrected chi connectivity index (χ1v) is 9.16. The summed E-state index contributed by atoms with van der Waals surface area (Å²) in [5, 5.41) is 14.8. The minimum Gasteiger partial charge on any atom is -0.338 e. The number of rotatable bonds is 5. The maximum absolute atomic E-state index is 12.0. The second kappa shape index (κ2) is 9.00. The lowest BCUT2D eigenvalue weighted by molar-refractivity contribution is 0.234. The molecule has 1 aliphatic rings. The van der Waals surface area contributed by atoms with Crippen LogP contribution >= 0.6 is 0 Å². The van der Waals surface area contributed by atoms with Gasteiger partial charge in [0, 0.05) is 30.8 Å². The van der Waals surface area contributed by atoms with Crippen LogP contribution in [-0.2, 0) is 6.54 Å². The molecule has 2 N–H and O–H groups in total. The normalized spacial score (nSPS) is 19.3. The minimum atomic E-state index is -0.143. The third kappa shape index (κ3) is 5.06. The molecule has 0 aliphatic heterocycles. The number of hydrogen-bond donors (Lipinski definition) is 2. The molecule has 1 aromatic heterocycles. The van der Waals surface area contributed by atoms with Gasteiger partial charge in [-0.15, -0.1) is 0 Å². The van der Waals surface area contributed by atoms with Crippen molar-refractivity contribution in [2.45, 2.75) is 32.2 Å². The maximum atomic E-state index is 12.0. The molecule has 26 heavy (non-hydrogen) atoms. The molecular formula is C21H24N4O. The first-order chi connectivity index (χ1) is 12.7. The maximum Gasteiger partial charge on any atom is 0.315 e. The van der Waals surface area contributed by atoms with Crippen LogP contribution < -0.4 is 10.6 Å². The fourth-order valence-electron chi connectivity index (χ4n) is 3.35. The van der Waals surface area contributed by atoms with Crippen LogP contribution in [0.3, 0.4) is 0 Å². The fourth-order valence-corrected chi connectivity index (χ4v) is 3.35. The van der Waals surface area contributed by atoms with Crippen molar-refractivity contribution in [2.24, 2.45) is 11.8 Å². The highest BCUT2D eigenvalue weighted by Crippen LogP contribution is 2.27. The molecule has 5 heteroatoms. The van der Waals surface area contributed by atoms with Crippen LogP contribution in [-0.4, -0.2) is 17.6 Å². The molecule has 1 aliphatic carbocycles. The highest BCUT2D eigenvalue weighted by Gasteiger charge is 2.21. The van der Waals surface area contributed by atoms with Crippen molar-refractivity contribution in [1.82, 2.24) is 15.6 Å². The molecular weight excluding hydrogens is 324 g/mol. The molecule has 5 nitrogen and oxygen atoms in total. The number of pyridine rings is 1. The van der Waals surface area contributed by atoms with Crippen molar-refractivity contribution < 1.29 is 4.79 Å². The van der Waals surface area contributed by atoms with Gasteiger partial charge in [-0.25, -0.2) is 4.79 Å². The van der Waals surface area contributed by atoms with Gasteiger partial charge in [-0.2, -0.15) is 5.26 Å². The Balaban J connectivity index is 1.44. The van der Waals surface area contributed by atoms with Gasteiger partial charge in [0.2, 0.25) is 0 Å². The van der Waals surface area contributed by atoms with Crippen LogP contribution in [0.15, 0.2) is 48.7 Å². The van der Waals surface area contributed by atoms with Crippen LogP contribution in [0.5, 0.6) is 0 Å². The van der Waals surface area contributed by atoms with Crippen molar-refractivity contribution in [2.75, 3.05) is 6.54 Å². The van der Waals surface area contributed by atoms with Crippen molar-refractivity contribution >= 4 is 6.03 Å². The van der Waals surface area contributed by atoms with E-state index >= 15 is 0 Å². The second-order valence-electron chi connectivity index (χ2n) is 6.83. The topological polar surface area (TPSA) is 77.8 Å². The molecule has 134 valence electrons. The number of nitrogens with one attached hydrogen (secondary N) is 2. The van der Waals surface area contributed by atoms with E-state index < -0.39 is 0 Å². The standard InChI is InChI=1S/C21H24N4O/c22-13-16-7-9-17(10-8-16)14-24-21(26)25-15-18-4-3-5-19(12-18)20-6-1-2-11-23-20/h1-6,11-12,16-17H,7-10,14-15H2,(H2,24,25,26). The van der Waals surface area contributed by atoms with Crippen LogP contribution in [0.25, 0.3) is 11.3 Å². The average Bonchev–Trinajstić information content (AvgIpc) is 2.72. The smallest absolute Gasteiger partial charge is 0.315 e. The lowest BCUT2D eigenvalue weighted by Crippen LogP contribution is -2.38. The number of nitriles is 1. The molecule has 1 fully saturated rings. The number of carbonyl (C=O) groups excluding carboxylic acids is 1. The lowest BCUT2D eigenvalue weighted by Gasteiger charge is -2.24. The van der Waals surface area contributed by atoms with E-state index in [4.69, 9.17) is 5.26 Å². The van der Waals surface area contributed by atoms with Crippen molar-refractivity contribution in [3.8, 4) is 17.3 Å². The molecule has 0 atom stereocenters. The third-order valence-corrected chi connectivity index (χ3v) is 4.92. The SMILES string of the molecule is N#CC1CCC(CNC(=O)NCc2cccc(-c3ccccn3)c2)CC1. The highest BCUT2D eigenvalue weighted by atomic mass is 16.2. The predicted molar refractivity (Wildman–Crippen MR) is 101 cm³/mol. The number of amides is 2. The fraction of sp³-hybridized carbons (Fsp3) is 0.381. The molecule has 1 aromatic carbocycles. The molecule has 0 bridgehead atoms. The number of urea groups is 1. The monoisotopic (exact) mass is 348 g/mol. The van der Waals surface area contributed by atoms with Gasteiger partial charge in [0.1, 0.15) is 0 Å². The van der Waals surface area contributed by atoms with Gasteiger partial charge in [0.05, 0.1) is 11.8 Å². The van der Waals surface area contributed by atoms with E-state index in [1.54, 1.807) is 6.20 Å². The summed E-state index contributed by atoms with van der Waals surface area (Å²) in [6.45, 7) is 1.16. The Hall–Kier alpha value is -2.87. The van der Waals surface area contributed by atoms with Gasteiger partial charge in [0.25, 0.3) is 0 Å². The van der Waals surface area contributed by atoms with Gasteiger partial charge in [0.15, 0.2) is 0 Å². The molecule has 3 rings (SSSR count). The summed E-state index contributed by atoms with van der Waals surface area (Å²) in [6.07, 6.45) is 5.71. The summed E-state index contributed by atoms with van der Waals surface area (Å²) in [6, 6.07) is 16.1. The Morgan fingerprint density at radius 3 is 2.69 bits per heavy atom. The Morgan fingerprint density at radius 2 is 1.96 bits per heavy atom. The van der Waals surface area contributed by atoms with Crippen molar-refractivity contribution in [1.29, 1.82) is 5.26 Å². The van der Waals surface area contributed by atoms with E-state index in [0.29, 0.717) is 19.0 Å². The number of benzene rings is 1. The number of nitrogens with zero attached hydrogens (tertiary/aromatic N) is 2. The van der Waals surface area contributed by atoms with Crippen LogP contribution in [0.1, 0.15) is 31.2 Å². The summed E-state index contributed by atoms with van der Waals surface area (Å²) in [7, 11) is 0. The summed E-state index contributed by atoms with van der Waals surface area (Å²) in [5.74, 6) is 0.685. The first kappa shape index (κ1) is 17.9. The van der Waals surface area contributed by atoms with E-state index in [2.05, 4.69) is 21.7 Å². The summed E-state index contributed by atoms with van der Waals surface area (Å²) >= 11 is 0. The molecule has 1 saturated carbocycles. The number of carbonyl (C=O) groups is 1. The molecule has 0 saturated heterocycles. The molecule has 2 aromatic rings. The Morgan fingerprint density at radius 1 is 1.12 bits per heavy atom. The van der Waals surface area contributed by atoms with Crippen molar-refractivity contribution in [3.63, 3.8) is 0 Å². The van der Waals surface area contributed by atoms with E-state index in [-0.39, 0.29) is 11.9 Å². The molecule has 1 heterocycles. The quantitative estimate of drug-likeness (QED) is 0.861. The van der Waals surface area contributed by atoms with Crippen LogP contribution in [0, 0.1) is 23.2 Å². The first-order valence-electron chi connectivity index (χ1n) is 9.16.